The lowest BCUT2D eigenvalue weighted by atomic mass is 10.3. The molecule has 0 aliphatic rings. The molecular weight excluding hydrogens is 356 g/mol. The third kappa shape index (κ3) is 4.64. The zero-order chi connectivity index (χ0) is 19.2. The van der Waals surface area contributed by atoms with Gasteiger partial charge in [-0.05, 0) is 30.3 Å². The predicted molar refractivity (Wildman–Crippen MR) is 99.3 cm³/mol. The standard InChI is InChI=1S/C18H24N2O5S/c1-4-20(5-2)26(22,23)17-10-11-18(21)19(14-17)12-13-25-16-8-6-15(24-3)7-9-16/h6-11,14H,4-5,12-13H2,1-3H3. The fourth-order valence-corrected chi connectivity index (χ4v) is 3.96. The summed E-state index contributed by atoms with van der Waals surface area (Å²) in [5.74, 6) is 1.37. The SMILES string of the molecule is CCN(CC)S(=O)(=O)c1ccc(=O)n(CCOc2ccc(OC)cc2)c1. The van der Waals surface area contributed by atoms with Crippen molar-refractivity contribution in [1.29, 1.82) is 0 Å². The lowest BCUT2D eigenvalue weighted by molar-refractivity contribution is 0.295. The van der Waals surface area contributed by atoms with Gasteiger partial charge < -0.3 is 14.0 Å². The maximum atomic E-state index is 12.6. The molecule has 1 aromatic heterocycles. The molecule has 0 saturated carbocycles. The van der Waals surface area contributed by atoms with Gasteiger partial charge in [0.25, 0.3) is 5.56 Å². The van der Waals surface area contributed by atoms with Gasteiger partial charge >= 0.3 is 0 Å². The molecule has 0 N–H and O–H groups in total. The number of methoxy groups -OCH3 is 1. The Kier molecular flexibility index (Phi) is 6.82. The molecule has 0 unspecified atom stereocenters. The molecular formula is C18H24N2O5S. The summed E-state index contributed by atoms with van der Waals surface area (Å²) in [5, 5.41) is 0. The zero-order valence-electron chi connectivity index (χ0n) is 15.2. The van der Waals surface area contributed by atoms with Crippen LogP contribution in [-0.4, -0.2) is 44.1 Å². The summed E-state index contributed by atoms with van der Waals surface area (Å²) < 4.78 is 38.5. The Morgan fingerprint density at radius 1 is 1.00 bits per heavy atom. The number of nitrogens with zero attached hydrogens (tertiary/aromatic N) is 2. The number of ether oxygens (including phenoxy) is 2. The van der Waals surface area contributed by atoms with Gasteiger partial charge in [0.2, 0.25) is 10.0 Å². The fraction of sp³-hybridized carbons (Fsp3) is 0.389. The third-order valence-corrected chi connectivity index (χ3v) is 5.99. The van der Waals surface area contributed by atoms with E-state index in [-0.39, 0.29) is 23.6 Å². The Hall–Kier alpha value is -2.32. The van der Waals surface area contributed by atoms with Crippen molar-refractivity contribution in [2.45, 2.75) is 25.3 Å². The van der Waals surface area contributed by atoms with E-state index in [4.69, 9.17) is 9.47 Å². The molecule has 0 fully saturated rings. The fourth-order valence-electron chi connectivity index (χ4n) is 2.48. The molecule has 0 aliphatic carbocycles. The van der Waals surface area contributed by atoms with Crippen LogP contribution in [0.15, 0.2) is 52.3 Å². The minimum atomic E-state index is -3.61. The molecule has 0 radical (unpaired) electrons. The Morgan fingerprint density at radius 2 is 1.62 bits per heavy atom. The topological polar surface area (TPSA) is 77.8 Å². The van der Waals surface area contributed by atoms with Gasteiger partial charge in [-0.1, -0.05) is 13.8 Å². The number of sulfonamides is 1. The van der Waals surface area contributed by atoms with Crippen molar-refractivity contribution in [2.24, 2.45) is 0 Å². The molecule has 26 heavy (non-hydrogen) atoms. The largest absolute Gasteiger partial charge is 0.497 e. The molecule has 0 bridgehead atoms. The monoisotopic (exact) mass is 380 g/mol. The molecule has 0 spiro atoms. The summed E-state index contributed by atoms with van der Waals surface area (Å²) in [4.78, 5) is 12.1. The van der Waals surface area contributed by atoms with Gasteiger partial charge in [0, 0.05) is 25.4 Å². The summed E-state index contributed by atoms with van der Waals surface area (Å²) >= 11 is 0. The van der Waals surface area contributed by atoms with Crippen molar-refractivity contribution in [3.8, 4) is 11.5 Å². The summed E-state index contributed by atoms with van der Waals surface area (Å²) in [7, 11) is -2.02. The van der Waals surface area contributed by atoms with E-state index in [9.17, 15) is 13.2 Å². The van der Waals surface area contributed by atoms with E-state index in [2.05, 4.69) is 0 Å². The number of pyridine rings is 1. The van der Waals surface area contributed by atoms with Crippen LogP contribution in [0.5, 0.6) is 11.5 Å². The number of rotatable bonds is 9. The van der Waals surface area contributed by atoms with Crippen molar-refractivity contribution in [2.75, 3.05) is 26.8 Å². The van der Waals surface area contributed by atoms with Crippen LogP contribution in [0, 0.1) is 0 Å². The van der Waals surface area contributed by atoms with Crippen molar-refractivity contribution < 1.29 is 17.9 Å². The normalized spacial score (nSPS) is 11.5. The van der Waals surface area contributed by atoms with E-state index in [1.165, 1.54) is 27.2 Å². The van der Waals surface area contributed by atoms with E-state index in [1.54, 1.807) is 45.2 Å². The average molecular weight is 380 g/mol. The van der Waals surface area contributed by atoms with Crippen molar-refractivity contribution in [3.05, 3.63) is 52.9 Å². The van der Waals surface area contributed by atoms with Crippen molar-refractivity contribution >= 4 is 10.0 Å². The van der Waals surface area contributed by atoms with Gasteiger partial charge in [-0.2, -0.15) is 4.31 Å². The van der Waals surface area contributed by atoms with Crippen LogP contribution in [0.1, 0.15) is 13.8 Å². The highest BCUT2D eigenvalue weighted by Crippen LogP contribution is 2.17. The van der Waals surface area contributed by atoms with E-state index in [0.29, 0.717) is 18.8 Å². The second kappa shape index (κ2) is 8.86. The average Bonchev–Trinajstić information content (AvgIpc) is 2.64. The van der Waals surface area contributed by atoms with Crippen LogP contribution < -0.4 is 15.0 Å². The van der Waals surface area contributed by atoms with E-state index in [1.807, 2.05) is 0 Å². The van der Waals surface area contributed by atoms with Gasteiger partial charge in [0.15, 0.2) is 0 Å². The predicted octanol–water partition coefficient (Wildman–Crippen LogP) is 1.97. The van der Waals surface area contributed by atoms with Gasteiger partial charge in [-0.15, -0.1) is 0 Å². The minimum Gasteiger partial charge on any atom is -0.497 e. The molecule has 0 saturated heterocycles. The van der Waals surface area contributed by atoms with E-state index < -0.39 is 10.0 Å². The molecule has 1 heterocycles. The third-order valence-electron chi connectivity index (χ3n) is 3.96. The molecule has 8 heteroatoms. The van der Waals surface area contributed by atoms with Crippen LogP contribution in [0.25, 0.3) is 0 Å². The van der Waals surface area contributed by atoms with Gasteiger partial charge in [0.1, 0.15) is 18.1 Å². The highest BCUT2D eigenvalue weighted by molar-refractivity contribution is 7.89. The highest BCUT2D eigenvalue weighted by Gasteiger charge is 2.22. The second-order valence-corrected chi connectivity index (χ2v) is 7.45. The highest BCUT2D eigenvalue weighted by atomic mass is 32.2. The Balaban J connectivity index is 2.11. The second-order valence-electron chi connectivity index (χ2n) is 5.51. The van der Waals surface area contributed by atoms with Crippen LogP contribution in [-0.2, 0) is 16.6 Å². The molecule has 0 amide bonds. The molecule has 2 rings (SSSR count). The molecule has 0 atom stereocenters. The Bertz CT molecular complexity index is 871. The molecule has 0 aliphatic heterocycles. The smallest absolute Gasteiger partial charge is 0.250 e. The molecule has 142 valence electrons. The lowest BCUT2D eigenvalue weighted by Crippen LogP contribution is -2.32. The molecule has 1 aromatic carbocycles. The first-order valence-electron chi connectivity index (χ1n) is 8.39. The number of hydrogen-bond donors (Lipinski definition) is 0. The van der Waals surface area contributed by atoms with Crippen LogP contribution >= 0.6 is 0 Å². The van der Waals surface area contributed by atoms with E-state index in [0.717, 1.165) is 5.75 Å². The Morgan fingerprint density at radius 3 is 2.19 bits per heavy atom. The minimum absolute atomic E-state index is 0.102. The van der Waals surface area contributed by atoms with Gasteiger partial charge in [-0.3, -0.25) is 4.79 Å². The summed E-state index contributed by atoms with van der Waals surface area (Å²) in [6.07, 6.45) is 1.37. The maximum Gasteiger partial charge on any atom is 0.250 e. The first-order valence-corrected chi connectivity index (χ1v) is 9.83. The number of aromatic nitrogens is 1. The zero-order valence-corrected chi connectivity index (χ0v) is 16.0. The number of benzene rings is 1. The maximum absolute atomic E-state index is 12.6. The summed E-state index contributed by atoms with van der Waals surface area (Å²) in [6, 6.07) is 9.70. The van der Waals surface area contributed by atoms with Crippen molar-refractivity contribution in [3.63, 3.8) is 0 Å². The molecule has 7 nitrogen and oxygen atoms in total. The number of hydrogen-bond acceptors (Lipinski definition) is 5. The Labute approximate surface area is 153 Å². The first-order chi connectivity index (χ1) is 12.4. The summed E-state index contributed by atoms with van der Waals surface area (Å²) in [5.41, 5.74) is -0.276. The quantitative estimate of drug-likeness (QED) is 0.665. The van der Waals surface area contributed by atoms with E-state index >= 15 is 0 Å². The lowest BCUT2D eigenvalue weighted by Gasteiger charge is -2.19. The summed E-state index contributed by atoms with van der Waals surface area (Å²) in [6.45, 7) is 4.78. The van der Waals surface area contributed by atoms with Crippen LogP contribution in [0.2, 0.25) is 0 Å². The first kappa shape index (κ1) is 20.0. The van der Waals surface area contributed by atoms with Gasteiger partial charge in [-0.25, -0.2) is 8.42 Å². The molecule has 2 aromatic rings. The van der Waals surface area contributed by atoms with Gasteiger partial charge in [0.05, 0.1) is 18.6 Å². The van der Waals surface area contributed by atoms with Crippen LogP contribution in [0.4, 0.5) is 0 Å². The van der Waals surface area contributed by atoms with Crippen LogP contribution in [0.3, 0.4) is 0 Å². The van der Waals surface area contributed by atoms with Crippen molar-refractivity contribution in [1.82, 2.24) is 8.87 Å².